The van der Waals surface area contributed by atoms with Gasteiger partial charge in [-0.2, -0.15) is 0 Å². The highest BCUT2D eigenvalue weighted by Gasteiger charge is 2.24. The van der Waals surface area contributed by atoms with Crippen molar-refractivity contribution < 1.29 is 13.2 Å². The molecule has 0 atom stereocenters. The smallest absolute Gasteiger partial charge is 0.261 e. The van der Waals surface area contributed by atoms with Crippen molar-refractivity contribution in [3.8, 4) is 0 Å². The van der Waals surface area contributed by atoms with Crippen LogP contribution >= 0.6 is 0 Å². The van der Waals surface area contributed by atoms with Crippen molar-refractivity contribution in [2.45, 2.75) is 30.6 Å². The van der Waals surface area contributed by atoms with Crippen LogP contribution in [-0.4, -0.2) is 19.2 Å². The number of para-hydroxylation sites is 1. The van der Waals surface area contributed by atoms with Gasteiger partial charge in [-0.3, -0.25) is 14.5 Å². The number of hydrogen-bond acceptors (Lipinski definition) is 4. The van der Waals surface area contributed by atoms with Crippen LogP contribution in [0.5, 0.6) is 0 Å². The van der Waals surface area contributed by atoms with E-state index in [2.05, 4.69) is 9.71 Å². The number of nitrogens with one attached hydrogen (secondary N) is 1. The highest BCUT2D eigenvalue weighted by molar-refractivity contribution is 7.92. The SMILES string of the molecule is O=C(c1ccccc1NS(=O)(=O)c1ccccc1)c1nccc2c1CCCC2. The predicted molar refractivity (Wildman–Crippen MR) is 108 cm³/mol. The van der Waals surface area contributed by atoms with E-state index in [0.29, 0.717) is 11.3 Å². The molecule has 0 saturated heterocycles. The van der Waals surface area contributed by atoms with Crippen molar-refractivity contribution in [3.63, 3.8) is 0 Å². The van der Waals surface area contributed by atoms with Crippen LogP contribution in [-0.2, 0) is 22.9 Å². The van der Waals surface area contributed by atoms with Gasteiger partial charge in [0, 0.05) is 11.8 Å². The molecule has 0 fully saturated rings. The summed E-state index contributed by atoms with van der Waals surface area (Å²) in [5.41, 5.74) is 3.12. The third-order valence-electron chi connectivity index (χ3n) is 4.96. The van der Waals surface area contributed by atoms with Gasteiger partial charge in [0.1, 0.15) is 5.69 Å². The van der Waals surface area contributed by atoms with Gasteiger partial charge >= 0.3 is 0 Å². The fraction of sp³-hybridized carbons (Fsp3) is 0.182. The molecule has 0 radical (unpaired) electrons. The summed E-state index contributed by atoms with van der Waals surface area (Å²) in [5, 5.41) is 0. The van der Waals surface area contributed by atoms with Gasteiger partial charge in [-0.15, -0.1) is 0 Å². The van der Waals surface area contributed by atoms with Crippen molar-refractivity contribution in [2.75, 3.05) is 4.72 Å². The minimum atomic E-state index is -3.79. The average Bonchev–Trinajstić information content (AvgIpc) is 2.73. The molecule has 0 saturated carbocycles. The zero-order valence-corrected chi connectivity index (χ0v) is 16.1. The number of anilines is 1. The van der Waals surface area contributed by atoms with Crippen LogP contribution in [0, 0.1) is 0 Å². The quantitative estimate of drug-likeness (QED) is 0.666. The normalized spacial score (nSPS) is 13.6. The molecule has 1 aliphatic carbocycles. The Morgan fingerprint density at radius 1 is 0.893 bits per heavy atom. The molecule has 2 aromatic carbocycles. The molecular weight excluding hydrogens is 372 g/mol. The average molecular weight is 392 g/mol. The van der Waals surface area contributed by atoms with E-state index in [4.69, 9.17) is 0 Å². The number of aryl methyl sites for hydroxylation is 1. The number of carbonyl (C=O) groups is 1. The van der Waals surface area contributed by atoms with E-state index in [1.807, 2.05) is 6.07 Å². The molecule has 0 bridgehead atoms. The van der Waals surface area contributed by atoms with Crippen molar-refractivity contribution in [2.24, 2.45) is 0 Å². The van der Waals surface area contributed by atoms with Crippen LogP contribution in [0.3, 0.4) is 0 Å². The molecule has 5 nitrogen and oxygen atoms in total. The molecule has 0 spiro atoms. The van der Waals surface area contributed by atoms with E-state index in [9.17, 15) is 13.2 Å². The third kappa shape index (κ3) is 3.55. The molecule has 6 heteroatoms. The largest absolute Gasteiger partial charge is 0.287 e. The number of fused-ring (bicyclic) bond motifs is 1. The molecule has 1 aliphatic rings. The highest BCUT2D eigenvalue weighted by Crippen LogP contribution is 2.27. The summed E-state index contributed by atoms with van der Waals surface area (Å²) in [5.74, 6) is -0.259. The van der Waals surface area contributed by atoms with Crippen LogP contribution in [0.15, 0.2) is 71.8 Å². The summed E-state index contributed by atoms with van der Waals surface area (Å²) < 4.78 is 28.0. The van der Waals surface area contributed by atoms with Crippen molar-refractivity contribution >= 4 is 21.5 Å². The second-order valence-corrected chi connectivity index (χ2v) is 8.48. The summed E-state index contributed by atoms with van der Waals surface area (Å²) in [6.07, 6.45) is 5.57. The van der Waals surface area contributed by atoms with Crippen molar-refractivity contribution in [1.29, 1.82) is 0 Å². The molecule has 0 unspecified atom stereocenters. The van der Waals surface area contributed by atoms with Gasteiger partial charge in [-0.05, 0) is 67.1 Å². The van der Waals surface area contributed by atoms with Gasteiger partial charge in [0.15, 0.2) is 0 Å². The van der Waals surface area contributed by atoms with Crippen LogP contribution in [0.25, 0.3) is 0 Å². The molecule has 3 aromatic rings. The van der Waals surface area contributed by atoms with Crippen molar-refractivity contribution in [3.05, 3.63) is 89.2 Å². The highest BCUT2D eigenvalue weighted by atomic mass is 32.2. The standard InChI is InChI=1S/C22H20N2O3S/c25-22(21-18-11-5-4-8-16(18)14-15-23-21)19-12-6-7-13-20(19)24-28(26,27)17-9-2-1-3-10-17/h1-3,6-7,9-10,12-15,24H,4-5,8,11H2. The molecular formula is C22H20N2O3S. The number of rotatable bonds is 5. The molecule has 28 heavy (non-hydrogen) atoms. The Kier molecular flexibility index (Phi) is 4.96. The number of hydrogen-bond donors (Lipinski definition) is 1. The first-order valence-electron chi connectivity index (χ1n) is 9.24. The predicted octanol–water partition coefficient (Wildman–Crippen LogP) is 3.99. The lowest BCUT2D eigenvalue weighted by atomic mass is 9.89. The van der Waals surface area contributed by atoms with Gasteiger partial charge in [0.05, 0.1) is 10.6 Å². The fourth-order valence-corrected chi connectivity index (χ4v) is 4.66. The molecule has 4 rings (SSSR count). The van der Waals surface area contributed by atoms with Gasteiger partial charge in [-0.25, -0.2) is 8.42 Å². The maximum absolute atomic E-state index is 13.3. The zero-order chi connectivity index (χ0) is 19.6. The number of pyridine rings is 1. The maximum Gasteiger partial charge on any atom is 0.261 e. The summed E-state index contributed by atoms with van der Waals surface area (Å²) in [6, 6.07) is 16.7. The topological polar surface area (TPSA) is 76.1 Å². The second kappa shape index (κ2) is 7.56. The first kappa shape index (κ1) is 18.4. The second-order valence-electron chi connectivity index (χ2n) is 6.80. The van der Waals surface area contributed by atoms with Crippen LogP contribution in [0.1, 0.15) is 40.0 Å². The number of ketones is 1. The Morgan fingerprint density at radius 2 is 1.61 bits per heavy atom. The Bertz CT molecular complexity index is 1130. The minimum Gasteiger partial charge on any atom is -0.287 e. The Balaban J connectivity index is 1.72. The van der Waals surface area contributed by atoms with Crippen molar-refractivity contribution in [1.82, 2.24) is 4.98 Å². The van der Waals surface area contributed by atoms with E-state index in [1.165, 1.54) is 12.1 Å². The van der Waals surface area contributed by atoms with E-state index in [-0.39, 0.29) is 16.4 Å². The van der Waals surface area contributed by atoms with E-state index in [0.717, 1.165) is 36.8 Å². The molecule has 1 aromatic heterocycles. The van der Waals surface area contributed by atoms with E-state index < -0.39 is 10.0 Å². The fourth-order valence-electron chi connectivity index (χ4n) is 3.56. The van der Waals surface area contributed by atoms with Crippen LogP contribution in [0.2, 0.25) is 0 Å². The summed E-state index contributed by atoms with van der Waals surface area (Å²) >= 11 is 0. The third-order valence-corrected chi connectivity index (χ3v) is 6.34. The maximum atomic E-state index is 13.3. The summed E-state index contributed by atoms with van der Waals surface area (Å²) in [4.78, 5) is 17.7. The summed E-state index contributed by atoms with van der Waals surface area (Å²) in [6.45, 7) is 0. The molecule has 142 valence electrons. The molecule has 1 N–H and O–H groups in total. The monoisotopic (exact) mass is 392 g/mol. The Morgan fingerprint density at radius 3 is 2.43 bits per heavy atom. The number of sulfonamides is 1. The molecule has 1 heterocycles. The van der Waals surface area contributed by atoms with Gasteiger partial charge in [0.2, 0.25) is 5.78 Å². The van der Waals surface area contributed by atoms with Gasteiger partial charge in [-0.1, -0.05) is 30.3 Å². The Labute approximate surface area is 164 Å². The zero-order valence-electron chi connectivity index (χ0n) is 15.3. The number of aromatic nitrogens is 1. The van der Waals surface area contributed by atoms with Crippen LogP contribution < -0.4 is 4.72 Å². The minimum absolute atomic E-state index is 0.146. The number of nitrogens with zero attached hydrogens (tertiary/aromatic N) is 1. The van der Waals surface area contributed by atoms with Gasteiger partial charge < -0.3 is 0 Å². The number of carbonyl (C=O) groups excluding carboxylic acids is 1. The lowest BCUT2D eigenvalue weighted by Gasteiger charge is -2.18. The van der Waals surface area contributed by atoms with Crippen LogP contribution in [0.4, 0.5) is 5.69 Å². The van der Waals surface area contributed by atoms with Gasteiger partial charge in [0.25, 0.3) is 10.0 Å². The molecule has 0 amide bonds. The number of benzene rings is 2. The van der Waals surface area contributed by atoms with E-state index >= 15 is 0 Å². The summed E-state index contributed by atoms with van der Waals surface area (Å²) in [7, 11) is -3.79. The lowest BCUT2D eigenvalue weighted by Crippen LogP contribution is -2.18. The molecule has 0 aliphatic heterocycles. The first-order valence-corrected chi connectivity index (χ1v) is 10.7. The lowest BCUT2D eigenvalue weighted by molar-refractivity contribution is 0.103. The van der Waals surface area contributed by atoms with E-state index in [1.54, 1.807) is 48.7 Å². The Hall–Kier alpha value is -2.99. The first-order chi connectivity index (χ1) is 13.6.